The molecule has 60 valence electrons. The van der Waals surface area contributed by atoms with Crippen LogP contribution in [0.2, 0.25) is 0 Å². The van der Waals surface area contributed by atoms with Crippen LogP contribution in [-0.2, 0) is 6.61 Å². The molecule has 0 saturated heterocycles. The zero-order chi connectivity index (χ0) is 8.27. The highest BCUT2D eigenvalue weighted by Crippen LogP contribution is 2.18. The molecule has 0 aliphatic rings. The van der Waals surface area contributed by atoms with Crippen LogP contribution < -0.4 is 0 Å². The second-order valence-corrected chi connectivity index (χ2v) is 1.89. The second-order valence-electron chi connectivity index (χ2n) is 1.89. The Morgan fingerprint density at radius 2 is 2.27 bits per heavy atom. The van der Waals surface area contributed by atoms with Gasteiger partial charge in [-0.3, -0.25) is 0 Å². The average molecular weight is 160 g/mol. The third kappa shape index (κ3) is 1.68. The number of aromatic nitrogens is 2. The van der Waals surface area contributed by atoms with Crippen molar-refractivity contribution >= 4 is 0 Å². The van der Waals surface area contributed by atoms with Crippen LogP contribution in [0.5, 0.6) is 0 Å². The van der Waals surface area contributed by atoms with Crippen LogP contribution in [0, 0.1) is 0 Å². The number of aliphatic hydroxyl groups excluding tert-OH is 1. The lowest BCUT2D eigenvalue weighted by Crippen LogP contribution is -1.98. The number of nitrogens with zero attached hydrogens (tertiary/aromatic N) is 2. The molecule has 0 aliphatic heterocycles. The number of hydrogen-bond donors (Lipinski definition) is 1. The largest absolute Gasteiger partial charge is 0.392 e. The third-order valence-corrected chi connectivity index (χ3v) is 1.20. The minimum atomic E-state index is -2.65. The molecular weight excluding hydrogens is 154 g/mol. The maximum atomic E-state index is 12.0. The first-order chi connectivity index (χ1) is 5.25. The van der Waals surface area contributed by atoms with Crippen molar-refractivity contribution in [3.8, 4) is 0 Å². The molecule has 0 amide bonds. The summed E-state index contributed by atoms with van der Waals surface area (Å²) >= 11 is 0. The van der Waals surface area contributed by atoms with Crippen molar-refractivity contribution in [3.63, 3.8) is 0 Å². The monoisotopic (exact) mass is 160 g/mol. The molecule has 11 heavy (non-hydrogen) atoms. The minimum absolute atomic E-state index is 0.0718. The average Bonchev–Trinajstić information content (AvgIpc) is 2.04. The molecule has 0 aromatic carbocycles. The van der Waals surface area contributed by atoms with Crippen LogP contribution >= 0.6 is 0 Å². The normalized spacial score (nSPS) is 10.5. The summed E-state index contributed by atoms with van der Waals surface area (Å²) < 4.78 is 24.0. The second kappa shape index (κ2) is 3.34. The van der Waals surface area contributed by atoms with Crippen LogP contribution in [0.1, 0.15) is 17.7 Å². The van der Waals surface area contributed by atoms with Gasteiger partial charge in [0.15, 0.2) is 0 Å². The van der Waals surface area contributed by atoms with Crippen LogP contribution in [-0.4, -0.2) is 15.1 Å². The van der Waals surface area contributed by atoms with Crippen molar-refractivity contribution in [2.45, 2.75) is 13.0 Å². The van der Waals surface area contributed by atoms with E-state index < -0.39 is 18.7 Å². The molecule has 0 saturated carbocycles. The summed E-state index contributed by atoms with van der Waals surface area (Å²) in [5, 5.41) is 8.55. The van der Waals surface area contributed by atoms with E-state index >= 15 is 0 Å². The van der Waals surface area contributed by atoms with Gasteiger partial charge in [0.05, 0.1) is 6.61 Å². The summed E-state index contributed by atoms with van der Waals surface area (Å²) in [6.07, 6.45) is -0.449. The molecule has 0 aliphatic carbocycles. The van der Waals surface area contributed by atoms with E-state index in [0.717, 1.165) is 6.33 Å². The molecule has 3 nitrogen and oxygen atoms in total. The highest BCUT2D eigenvalue weighted by molar-refractivity contribution is 5.15. The highest BCUT2D eigenvalue weighted by Gasteiger charge is 2.12. The Morgan fingerprint density at radius 3 is 2.73 bits per heavy atom. The lowest BCUT2D eigenvalue weighted by Gasteiger charge is -2.01. The standard InChI is InChI=1S/C6H6F2N2O/c7-6(8)5-4(2-11)1-9-3-10-5/h1,3,6,11H,2H2. The van der Waals surface area contributed by atoms with Gasteiger partial charge in [-0.1, -0.05) is 0 Å². The Balaban J connectivity index is 3.02. The topological polar surface area (TPSA) is 46.0 Å². The quantitative estimate of drug-likeness (QED) is 0.699. The summed E-state index contributed by atoms with van der Waals surface area (Å²) in [5.41, 5.74) is -0.329. The van der Waals surface area contributed by atoms with Crippen molar-refractivity contribution in [3.05, 3.63) is 23.8 Å². The summed E-state index contributed by atoms with van der Waals surface area (Å²) in [4.78, 5) is 6.82. The molecule has 5 heteroatoms. The zero-order valence-electron chi connectivity index (χ0n) is 5.54. The van der Waals surface area contributed by atoms with Crippen LogP contribution in [0.3, 0.4) is 0 Å². The molecule has 0 atom stereocenters. The van der Waals surface area contributed by atoms with Crippen molar-refractivity contribution in [2.75, 3.05) is 0 Å². The molecule has 1 aromatic heterocycles. The summed E-state index contributed by atoms with van der Waals surface area (Å²) in [6.45, 7) is -0.458. The Hall–Kier alpha value is -1.10. The number of aliphatic hydroxyl groups is 1. The number of halogens is 2. The van der Waals surface area contributed by atoms with E-state index in [1.165, 1.54) is 6.20 Å². The molecular formula is C6H6F2N2O. The molecule has 1 heterocycles. The van der Waals surface area contributed by atoms with Crippen molar-refractivity contribution in [2.24, 2.45) is 0 Å². The van der Waals surface area contributed by atoms with E-state index in [0.29, 0.717) is 0 Å². The van der Waals surface area contributed by atoms with Gasteiger partial charge >= 0.3 is 0 Å². The van der Waals surface area contributed by atoms with Gasteiger partial charge in [-0.2, -0.15) is 0 Å². The molecule has 1 rings (SSSR count). The van der Waals surface area contributed by atoms with Gasteiger partial charge in [0.25, 0.3) is 6.43 Å². The maximum Gasteiger partial charge on any atom is 0.280 e. The summed E-state index contributed by atoms with van der Waals surface area (Å²) in [5.74, 6) is 0. The molecule has 1 aromatic rings. The lowest BCUT2D eigenvalue weighted by molar-refractivity contribution is 0.141. The van der Waals surface area contributed by atoms with Crippen molar-refractivity contribution < 1.29 is 13.9 Å². The van der Waals surface area contributed by atoms with Crippen LogP contribution in [0.15, 0.2) is 12.5 Å². The Bertz CT molecular complexity index is 242. The van der Waals surface area contributed by atoms with Crippen molar-refractivity contribution in [1.82, 2.24) is 9.97 Å². The first-order valence-electron chi connectivity index (χ1n) is 2.93. The van der Waals surface area contributed by atoms with Gasteiger partial charge < -0.3 is 5.11 Å². The van der Waals surface area contributed by atoms with Gasteiger partial charge in [-0.05, 0) is 0 Å². The van der Waals surface area contributed by atoms with Gasteiger partial charge in [-0.15, -0.1) is 0 Å². The lowest BCUT2D eigenvalue weighted by atomic mass is 10.2. The maximum absolute atomic E-state index is 12.0. The Morgan fingerprint density at radius 1 is 1.55 bits per heavy atom. The minimum Gasteiger partial charge on any atom is -0.392 e. The molecule has 0 unspecified atom stereocenters. The van der Waals surface area contributed by atoms with E-state index in [2.05, 4.69) is 9.97 Å². The molecule has 0 spiro atoms. The highest BCUT2D eigenvalue weighted by atomic mass is 19.3. The molecule has 0 radical (unpaired) electrons. The predicted molar refractivity (Wildman–Crippen MR) is 32.9 cm³/mol. The number of hydrogen-bond acceptors (Lipinski definition) is 3. The SMILES string of the molecule is OCc1cncnc1C(F)F. The zero-order valence-corrected chi connectivity index (χ0v) is 5.54. The third-order valence-electron chi connectivity index (χ3n) is 1.20. The van der Waals surface area contributed by atoms with E-state index in [1.54, 1.807) is 0 Å². The van der Waals surface area contributed by atoms with E-state index in [1.807, 2.05) is 0 Å². The number of rotatable bonds is 2. The van der Waals surface area contributed by atoms with Gasteiger partial charge in [0.2, 0.25) is 0 Å². The molecule has 1 N–H and O–H groups in total. The summed E-state index contributed by atoms with van der Waals surface area (Å²) in [6, 6.07) is 0. The first-order valence-corrected chi connectivity index (χ1v) is 2.93. The molecule has 0 bridgehead atoms. The first kappa shape index (κ1) is 8.00. The van der Waals surface area contributed by atoms with Crippen molar-refractivity contribution in [1.29, 1.82) is 0 Å². The van der Waals surface area contributed by atoms with Gasteiger partial charge in [-0.25, -0.2) is 18.7 Å². The van der Waals surface area contributed by atoms with E-state index in [9.17, 15) is 8.78 Å². The van der Waals surface area contributed by atoms with E-state index in [4.69, 9.17) is 5.11 Å². The van der Waals surface area contributed by atoms with Crippen LogP contribution in [0.25, 0.3) is 0 Å². The summed E-state index contributed by atoms with van der Waals surface area (Å²) in [7, 11) is 0. The number of alkyl halides is 2. The fourth-order valence-corrected chi connectivity index (χ4v) is 0.686. The fourth-order valence-electron chi connectivity index (χ4n) is 0.686. The van der Waals surface area contributed by atoms with Gasteiger partial charge in [0, 0.05) is 11.8 Å². The Kier molecular flexibility index (Phi) is 2.43. The van der Waals surface area contributed by atoms with E-state index in [-0.39, 0.29) is 5.56 Å². The van der Waals surface area contributed by atoms with Crippen LogP contribution in [0.4, 0.5) is 8.78 Å². The smallest absolute Gasteiger partial charge is 0.280 e. The van der Waals surface area contributed by atoms with Gasteiger partial charge in [0.1, 0.15) is 12.0 Å². The fraction of sp³-hybridized carbons (Fsp3) is 0.333. The predicted octanol–water partition coefficient (Wildman–Crippen LogP) is 0.906. The Labute approximate surface area is 61.7 Å². The molecule has 0 fully saturated rings.